The number of hydrogen-bond donors (Lipinski definition) is 1. The molecule has 0 aliphatic rings. The van der Waals surface area contributed by atoms with E-state index in [4.69, 9.17) is 5.11 Å². The highest BCUT2D eigenvalue weighted by molar-refractivity contribution is 9.10. The van der Waals surface area contributed by atoms with Crippen LogP contribution in [0.4, 0.5) is 4.39 Å². The van der Waals surface area contributed by atoms with Crippen LogP contribution in [0.5, 0.6) is 0 Å². The maximum absolute atomic E-state index is 13.8. The zero-order valence-electron chi connectivity index (χ0n) is 9.41. The maximum atomic E-state index is 13.8. The van der Waals surface area contributed by atoms with E-state index in [9.17, 15) is 9.18 Å². The van der Waals surface area contributed by atoms with Crippen LogP contribution in [0.3, 0.4) is 0 Å². The third-order valence-corrected chi connectivity index (χ3v) is 4.05. The van der Waals surface area contributed by atoms with Gasteiger partial charge in [-0.3, -0.25) is 4.79 Å². The van der Waals surface area contributed by atoms with Crippen LogP contribution in [0.25, 0.3) is 10.6 Å². The van der Waals surface area contributed by atoms with E-state index >= 15 is 0 Å². The molecule has 2 rings (SSSR count). The van der Waals surface area contributed by atoms with E-state index in [0.717, 1.165) is 0 Å². The number of hydrogen-bond acceptors (Lipinski definition) is 3. The van der Waals surface area contributed by atoms with Crippen molar-refractivity contribution in [2.24, 2.45) is 0 Å². The molecule has 0 atom stereocenters. The third kappa shape index (κ3) is 2.76. The predicted octanol–water partition coefficient (Wildman–Crippen LogP) is 3.65. The first-order valence-electron chi connectivity index (χ1n) is 5.11. The Balaban J connectivity index is 2.42. The van der Waals surface area contributed by atoms with Gasteiger partial charge in [-0.25, -0.2) is 9.37 Å². The highest BCUT2D eigenvalue weighted by atomic mass is 79.9. The molecule has 0 fully saturated rings. The van der Waals surface area contributed by atoms with Gasteiger partial charge in [0, 0.05) is 14.9 Å². The zero-order chi connectivity index (χ0) is 13.3. The average molecular weight is 330 g/mol. The lowest BCUT2D eigenvalue weighted by molar-refractivity contribution is -0.136. The Morgan fingerprint density at radius 1 is 1.56 bits per heavy atom. The number of halogens is 2. The second-order valence-corrected chi connectivity index (χ2v) is 5.72. The number of benzene rings is 1. The Morgan fingerprint density at radius 2 is 2.28 bits per heavy atom. The average Bonchev–Trinajstić information content (AvgIpc) is 2.59. The number of rotatable bonds is 3. The van der Waals surface area contributed by atoms with Crippen LogP contribution in [0.1, 0.15) is 10.6 Å². The molecule has 0 radical (unpaired) electrons. The summed E-state index contributed by atoms with van der Waals surface area (Å²) in [7, 11) is 0. The Hall–Kier alpha value is -1.27. The van der Waals surface area contributed by atoms with Gasteiger partial charge < -0.3 is 5.11 Å². The smallest absolute Gasteiger partial charge is 0.308 e. The molecule has 0 bridgehead atoms. The van der Waals surface area contributed by atoms with Crippen LogP contribution < -0.4 is 0 Å². The molecule has 0 unspecified atom stereocenters. The first kappa shape index (κ1) is 13.2. The van der Waals surface area contributed by atoms with E-state index in [1.165, 1.54) is 17.4 Å². The molecule has 0 spiro atoms. The third-order valence-electron chi connectivity index (χ3n) is 2.37. The van der Waals surface area contributed by atoms with Crippen LogP contribution >= 0.6 is 27.3 Å². The summed E-state index contributed by atoms with van der Waals surface area (Å²) in [6.07, 6.45) is -0.0817. The maximum Gasteiger partial charge on any atom is 0.308 e. The molecule has 18 heavy (non-hydrogen) atoms. The Bertz CT molecular complexity index is 612. The molecule has 1 heterocycles. The fraction of sp³-hybridized carbons (Fsp3) is 0.167. The van der Waals surface area contributed by atoms with Crippen molar-refractivity contribution >= 4 is 33.2 Å². The molecule has 0 aliphatic heterocycles. The van der Waals surface area contributed by atoms with Gasteiger partial charge >= 0.3 is 5.97 Å². The fourth-order valence-corrected chi connectivity index (χ4v) is 2.92. The summed E-state index contributed by atoms with van der Waals surface area (Å²) in [4.78, 5) is 15.6. The summed E-state index contributed by atoms with van der Waals surface area (Å²) >= 11 is 4.40. The van der Waals surface area contributed by atoms with E-state index in [1.807, 2.05) is 0 Å². The lowest BCUT2D eigenvalue weighted by Crippen LogP contribution is -1.99. The minimum atomic E-state index is -0.912. The molecule has 0 aliphatic carbocycles. The van der Waals surface area contributed by atoms with Gasteiger partial charge in [-0.15, -0.1) is 11.3 Å². The zero-order valence-corrected chi connectivity index (χ0v) is 11.8. The molecular formula is C12H9BrFNO2S. The predicted molar refractivity (Wildman–Crippen MR) is 71.3 cm³/mol. The molecule has 1 aromatic heterocycles. The number of aliphatic carboxylic acids is 1. The lowest BCUT2D eigenvalue weighted by Gasteiger charge is -1.98. The fourth-order valence-electron chi connectivity index (χ4n) is 1.51. The summed E-state index contributed by atoms with van der Waals surface area (Å²) in [5.74, 6) is -1.29. The monoisotopic (exact) mass is 329 g/mol. The molecule has 1 aromatic carbocycles. The summed E-state index contributed by atoms with van der Waals surface area (Å²) in [6.45, 7) is 1.73. The van der Waals surface area contributed by atoms with Crippen molar-refractivity contribution in [1.82, 2.24) is 4.98 Å². The number of carbonyl (C=O) groups is 1. The molecule has 94 valence electrons. The van der Waals surface area contributed by atoms with E-state index in [0.29, 0.717) is 25.6 Å². The topological polar surface area (TPSA) is 50.2 Å². The Labute approximate surface area is 115 Å². The minimum absolute atomic E-state index is 0.0817. The van der Waals surface area contributed by atoms with E-state index in [2.05, 4.69) is 20.9 Å². The van der Waals surface area contributed by atoms with Gasteiger partial charge in [0.25, 0.3) is 0 Å². The van der Waals surface area contributed by atoms with Gasteiger partial charge in [-0.2, -0.15) is 0 Å². The molecule has 2 aromatic rings. The summed E-state index contributed by atoms with van der Waals surface area (Å²) < 4.78 is 14.4. The summed E-state index contributed by atoms with van der Waals surface area (Å²) in [5.41, 5.74) is 1.03. The van der Waals surface area contributed by atoms with Crippen LogP contribution in [0, 0.1) is 12.7 Å². The highest BCUT2D eigenvalue weighted by Gasteiger charge is 2.14. The number of carboxylic acids is 1. The lowest BCUT2D eigenvalue weighted by atomic mass is 10.2. The van der Waals surface area contributed by atoms with Crippen molar-refractivity contribution in [1.29, 1.82) is 0 Å². The van der Waals surface area contributed by atoms with Crippen LogP contribution in [-0.4, -0.2) is 16.1 Å². The molecular weight excluding hydrogens is 321 g/mol. The van der Waals surface area contributed by atoms with E-state index in [-0.39, 0.29) is 12.2 Å². The second-order valence-electron chi connectivity index (χ2n) is 3.72. The summed E-state index contributed by atoms with van der Waals surface area (Å²) in [5, 5.41) is 9.27. The Morgan fingerprint density at radius 3 is 2.89 bits per heavy atom. The van der Waals surface area contributed by atoms with Gasteiger partial charge in [0.15, 0.2) is 0 Å². The number of aromatic nitrogens is 1. The van der Waals surface area contributed by atoms with Crippen LogP contribution in [0.15, 0.2) is 22.7 Å². The molecule has 0 saturated heterocycles. The van der Waals surface area contributed by atoms with Crippen molar-refractivity contribution in [3.63, 3.8) is 0 Å². The first-order valence-corrected chi connectivity index (χ1v) is 6.72. The van der Waals surface area contributed by atoms with Gasteiger partial charge in [0.2, 0.25) is 0 Å². The normalized spacial score (nSPS) is 10.6. The van der Waals surface area contributed by atoms with Crippen LogP contribution in [0.2, 0.25) is 0 Å². The van der Waals surface area contributed by atoms with E-state index < -0.39 is 5.97 Å². The van der Waals surface area contributed by atoms with Gasteiger partial charge in [-0.05, 0) is 25.1 Å². The van der Waals surface area contributed by atoms with Gasteiger partial charge in [0.1, 0.15) is 10.8 Å². The summed E-state index contributed by atoms with van der Waals surface area (Å²) in [6, 6.07) is 4.72. The molecule has 3 nitrogen and oxygen atoms in total. The van der Waals surface area contributed by atoms with Gasteiger partial charge in [-0.1, -0.05) is 15.9 Å². The molecule has 1 N–H and O–H groups in total. The molecule has 6 heteroatoms. The van der Waals surface area contributed by atoms with Crippen molar-refractivity contribution < 1.29 is 14.3 Å². The van der Waals surface area contributed by atoms with Gasteiger partial charge in [0.05, 0.1) is 12.1 Å². The molecule has 0 saturated carbocycles. The SMILES string of the molecule is Cc1nc(-c2ccc(Br)cc2F)sc1CC(=O)O. The largest absolute Gasteiger partial charge is 0.481 e. The van der Waals surface area contributed by atoms with Crippen molar-refractivity contribution in [2.75, 3.05) is 0 Å². The quantitative estimate of drug-likeness (QED) is 0.935. The number of carboxylic acid groups (broad SMARTS) is 1. The number of aryl methyl sites for hydroxylation is 1. The second kappa shape index (κ2) is 5.16. The van der Waals surface area contributed by atoms with E-state index in [1.54, 1.807) is 19.1 Å². The standard InChI is InChI=1S/C12H9BrFNO2S/c1-6-10(5-11(16)17)18-12(15-6)8-3-2-7(13)4-9(8)14/h2-4H,5H2,1H3,(H,16,17). The first-order chi connectivity index (χ1) is 8.47. The van der Waals surface area contributed by atoms with Crippen LogP contribution in [-0.2, 0) is 11.2 Å². The van der Waals surface area contributed by atoms with Crippen molar-refractivity contribution in [2.45, 2.75) is 13.3 Å². The number of nitrogens with zero attached hydrogens (tertiary/aromatic N) is 1. The Kier molecular flexibility index (Phi) is 3.77. The number of thiazole rings is 1. The van der Waals surface area contributed by atoms with Crippen molar-refractivity contribution in [3.8, 4) is 10.6 Å². The molecule has 0 amide bonds. The van der Waals surface area contributed by atoms with Crippen molar-refractivity contribution in [3.05, 3.63) is 39.1 Å². The highest BCUT2D eigenvalue weighted by Crippen LogP contribution is 2.31. The minimum Gasteiger partial charge on any atom is -0.481 e.